The van der Waals surface area contributed by atoms with Crippen LogP contribution in [0.4, 0.5) is 0 Å². The molecular weight excluding hydrogens is 212 g/mol. The number of carboxylic acid groups (broad SMARTS) is 1. The summed E-state index contributed by atoms with van der Waals surface area (Å²) in [4.78, 5) is 10.8. The van der Waals surface area contributed by atoms with Crippen molar-refractivity contribution in [2.75, 3.05) is 0 Å². The van der Waals surface area contributed by atoms with Gasteiger partial charge in [-0.15, -0.1) is 0 Å². The minimum atomic E-state index is -0.922. The second-order valence-corrected chi connectivity index (χ2v) is 3.79. The largest absolute Gasteiger partial charge is 0.478 e. The van der Waals surface area contributed by atoms with E-state index < -0.39 is 5.97 Å². The van der Waals surface area contributed by atoms with Crippen LogP contribution in [0.2, 0.25) is 0 Å². The van der Waals surface area contributed by atoms with E-state index in [4.69, 9.17) is 5.11 Å². The van der Waals surface area contributed by atoms with Crippen LogP contribution in [-0.2, 0) is 4.79 Å². The first-order valence-corrected chi connectivity index (χ1v) is 5.50. The minimum absolute atomic E-state index is 0.278. The van der Waals surface area contributed by atoms with Gasteiger partial charge in [-0.25, -0.2) is 4.79 Å². The van der Waals surface area contributed by atoms with Gasteiger partial charge in [-0.3, -0.25) is 0 Å². The van der Waals surface area contributed by atoms with E-state index in [1.54, 1.807) is 19.1 Å². The SMILES string of the molecule is C=C(/C=C(C)\C=C/C)/C(C)=C/C(=C\C)C(=O)O. The molecule has 0 atom stereocenters. The number of carbonyl (C=O) groups is 1. The Balaban J connectivity index is 5.01. The Kier molecular flexibility index (Phi) is 6.64. The topological polar surface area (TPSA) is 37.3 Å². The lowest BCUT2D eigenvalue weighted by molar-refractivity contribution is -0.132. The van der Waals surface area contributed by atoms with Crippen molar-refractivity contribution >= 4 is 5.97 Å². The summed E-state index contributed by atoms with van der Waals surface area (Å²) in [6.07, 6.45) is 9.06. The second kappa shape index (κ2) is 7.44. The van der Waals surface area contributed by atoms with E-state index >= 15 is 0 Å². The second-order valence-electron chi connectivity index (χ2n) is 3.79. The van der Waals surface area contributed by atoms with Crippen LogP contribution >= 0.6 is 0 Å². The predicted octanol–water partition coefficient (Wildman–Crippen LogP) is 4.04. The fraction of sp³-hybridized carbons (Fsp3) is 0.267. The Morgan fingerprint density at radius 3 is 2.18 bits per heavy atom. The number of hydrogen-bond donors (Lipinski definition) is 1. The Morgan fingerprint density at radius 2 is 1.76 bits per heavy atom. The lowest BCUT2D eigenvalue weighted by atomic mass is 10.0. The van der Waals surface area contributed by atoms with Gasteiger partial charge in [0, 0.05) is 0 Å². The van der Waals surface area contributed by atoms with Gasteiger partial charge in [0.25, 0.3) is 0 Å². The molecule has 17 heavy (non-hydrogen) atoms. The standard InChI is InChI=1S/C15H20O2/c1-6-8-11(3)9-12(4)13(5)10-14(7-2)15(16)17/h6-10H,4H2,1-3,5H3,(H,16,17)/b8-6-,11-9-,13-10+,14-7+. The van der Waals surface area contributed by atoms with Gasteiger partial charge in [-0.05, 0) is 44.9 Å². The summed E-state index contributed by atoms with van der Waals surface area (Å²) in [5.41, 5.74) is 3.04. The maximum atomic E-state index is 10.8. The van der Waals surface area contributed by atoms with Crippen LogP contribution in [-0.4, -0.2) is 11.1 Å². The van der Waals surface area contributed by atoms with Crippen molar-refractivity contribution in [3.05, 3.63) is 59.3 Å². The summed E-state index contributed by atoms with van der Waals surface area (Å²) < 4.78 is 0. The zero-order valence-corrected chi connectivity index (χ0v) is 10.9. The van der Waals surface area contributed by atoms with E-state index in [1.807, 2.05) is 39.0 Å². The quantitative estimate of drug-likeness (QED) is 0.573. The number of hydrogen-bond acceptors (Lipinski definition) is 1. The molecule has 0 aromatic carbocycles. The van der Waals surface area contributed by atoms with Crippen LogP contribution in [0.1, 0.15) is 27.7 Å². The molecule has 0 amide bonds. The third-order valence-corrected chi connectivity index (χ3v) is 2.27. The summed E-state index contributed by atoms with van der Waals surface area (Å²) in [5, 5.41) is 8.90. The summed E-state index contributed by atoms with van der Waals surface area (Å²) in [6, 6.07) is 0. The van der Waals surface area contributed by atoms with Gasteiger partial charge in [0.05, 0.1) is 5.57 Å². The van der Waals surface area contributed by atoms with Gasteiger partial charge in [-0.2, -0.15) is 0 Å². The van der Waals surface area contributed by atoms with Gasteiger partial charge in [0.2, 0.25) is 0 Å². The highest BCUT2D eigenvalue weighted by atomic mass is 16.4. The van der Waals surface area contributed by atoms with Crippen LogP contribution in [0.15, 0.2) is 59.3 Å². The highest BCUT2D eigenvalue weighted by molar-refractivity contribution is 5.90. The summed E-state index contributed by atoms with van der Waals surface area (Å²) in [7, 11) is 0. The van der Waals surface area contributed by atoms with E-state index in [2.05, 4.69) is 6.58 Å². The molecule has 0 aliphatic heterocycles. The lowest BCUT2D eigenvalue weighted by Crippen LogP contribution is -1.98. The predicted molar refractivity (Wildman–Crippen MR) is 72.9 cm³/mol. The molecule has 0 spiro atoms. The molecule has 2 heteroatoms. The summed E-state index contributed by atoms with van der Waals surface area (Å²) in [5.74, 6) is -0.922. The average molecular weight is 232 g/mol. The molecule has 0 aromatic heterocycles. The number of rotatable bonds is 5. The summed E-state index contributed by atoms with van der Waals surface area (Å²) in [6.45, 7) is 11.4. The molecule has 0 bridgehead atoms. The van der Waals surface area contributed by atoms with Crippen molar-refractivity contribution in [2.24, 2.45) is 0 Å². The average Bonchev–Trinajstić information content (AvgIpc) is 2.25. The first-order chi connectivity index (χ1) is 7.92. The molecule has 0 saturated heterocycles. The fourth-order valence-corrected chi connectivity index (χ4v) is 1.29. The first-order valence-electron chi connectivity index (χ1n) is 5.50. The molecule has 1 N–H and O–H groups in total. The van der Waals surface area contributed by atoms with E-state index in [1.165, 1.54) is 0 Å². The molecule has 0 radical (unpaired) electrons. The first kappa shape index (κ1) is 15.2. The molecule has 0 aliphatic carbocycles. The van der Waals surface area contributed by atoms with Crippen molar-refractivity contribution in [3.8, 4) is 0 Å². The molecular formula is C15H20O2. The van der Waals surface area contributed by atoms with Crippen LogP contribution in [0.5, 0.6) is 0 Å². The van der Waals surface area contributed by atoms with Crippen molar-refractivity contribution in [2.45, 2.75) is 27.7 Å². The third kappa shape index (κ3) is 5.71. The van der Waals surface area contributed by atoms with Crippen LogP contribution in [0.25, 0.3) is 0 Å². The zero-order valence-electron chi connectivity index (χ0n) is 10.9. The maximum absolute atomic E-state index is 10.8. The van der Waals surface area contributed by atoms with Gasteiger partial charge in [0.15, 0.2) is 0 Å². The van der Waals surface area contributed by atoms with E-state index in [-0.39, 0.29) is 5.57 Å². The third-order valence-electron chi connectivity index (χ3n) is 2.27. The van der Waals surface area contributed by atoms with Crippen LogP contribution < -0.4 is 0 Å². The Morgan fingerprint density at radius 1 is 1.18 bits per heavy atom. The van der Waals surface area contributed by atoms with E-state index in [0.29, 0.717) is 0 Å². The molecule has 0 rings (SSSR count). The fourth-order valence-electron chi connectivity index (χ4n) is 1.29. The van der Waals surface area contributed by atoms with Crippen molar-refractivity contribution in [1.82, 2.24) is 0 Å². The van der Waals surface area contributed by atoms with Crippen molar-refractivity contribution in [3.63, 3.8) is 0 Å². The molecule has 0 aromatic rings. The molecule has 0 heterocycles. The molecule has 92 valence electrons. The number of carboxylic acids is 1. The lowest BCUT2D eigenvalue weighted by Gasteiger charge is -2.02. The van der Waals surface area contributed by atoms with Crippen LogP contribution in [0, 0.1) is 0 Å². The van der Waals surface area contributed by atoms with Crippen LogP contribution in [0.3, 0.4) is 0 Å². The molecule has 0 unspecified atom stereocenters. The van der Waals surface area contributed by atoms with Gasteiger partial charge in [0.1, 0.15) is 0 Å². The smallest absolute Gasteiger partial charge is 0.335 e. The number of aliphatic carboxylic acids is 1. The monoisotopic (exact) mass is 232 g/mol. The van der Waals surface area contributed by atoms with Crippen molar-refractivity contribution in [1.29, 1.82) is 0 Å². The van der Waals surface area contributed by atoms with E-state index in [0.717, 1.165) is 16.7 Å². The highest BCUT2D eigenvalue weighted by Crippen LogP contribution is 2.14. The normalized spacial score (nSPS) is 14.2. The molecule has 0 fully saturated rings. The molecule has 2 nitrogen and oxygen atoms in total. The Labute approximate surface area is 103 Å². The maximum Gasteiger partial charge on any atom is 0.335 e. The number of allylic oxidation sites excluding steroid dienone is 7. The highest BCUT2D eigenvalue weighted by Gasteiger charge is 2.03. The molecule has 0 aliphatic rings. The Bertz CT molecular complexity index is 418. The summed E-state index contributed by atoms with van der Waals surface area (Å²) >= 11 is 0. The zero-order chi connectivity index (χ0) is 13.4. The molecule has 0 saturated carbocycles. The van der Waals surface area contributed by atoms with Gasteiger partial charge < -0.3 is 5.11 Å². The minimum Gasteiger partial charge on any atom is -0.478 e. The van der Waals surface area contributed by atoms with E-state index in [9.17, 15) is 4.79 Å². The van der Waals surface area contributed by atoms with Crippen molar-refractivity contribution < 1.29 is 9.90 Å². The van der Waals surface area contributed by atoms with Gasteiger partial charge >= 0.3 is 5.97 Å². The Hall–Kier alpha value is -1.83. The van der Waals surface area contributed by atoms with Gasteiger partial charge in [-0.1, -0.05) is 36.5 Å².